The Morgan fingerprint density at radius 1 is 1.11 bits per heavy atom. The maximum absolute atomic E-state index is 13.1. The molecule has 0 heterocycles. The van der Waals surface area contributed by atoms with Crippen LogP contribution in [0.3, 0.4) is 0 Å². The summed E-state index contributed by atoms with van der Waals surface area (Å²) in [6.45, 7) is 0.508. The summed E-state index contributed by atoms with van der Waals surface area (Å²) in [5.41, 5.74) is 0.478. The predicted molar refractivity (Wildman–Crippen MR) is 98.6 cm³/mol. The third-order valence-electron chi connectivity index (χ3n) is 3.52. The number of benzene rings is 2. The van der Waals surface area contributed by atoms with E-state index in [-0.39, 0.29) is 5.56 Å². The number of carbonyl (C=O) groups excluding carboxylic acids is 2. The van der Waals surface area contributed by atoms with E-state index >= 15 is 0 Å². The summed E-state index contributed by atoms with van der Waals surface area (Å²) >= 11 is 0. The van der Waals surface area contributed by atoms with Crippen LogP contribution in [-0.4, -0.2) is 32.8 Å². The zero-order chi connectivity index (χ0) is 20.7. The summed E-state index contributed by atoms with van der Waals surface area (Å²) < 4.78 is 56.8. The Balaban J connectivity index is 1.90. The Bertz CT molecular complexity index is 991. The van der Waals surface area contributed by atoms with E-state index in [2.05, 4.69) is 4.72 Å². The van der Waals surface area contributed by atoms with Crippen molar-refractivity contribution in [3.63, 3.8) is 0 Å². The third-order valence-corrected chi connectivity index (χ3v) is 4.70. The van der Waals surface area contributed by atoms with Crippen LogP contribution in [0.15, 0.2) is 53.9 Å². The Labute approximate surface area is 160 Å². The largest absolute Gasteiger partial charge is 0.456 e. The SMILES string of the molecule is C[C@H](NS(=O)(=O)/C=C/c1ccccc1)C(=O)OCC(=O)c1ccc(F)c(F)c1. The number of hydrogen-bond donors (Lipinski definition) is 1. The van der Waals surface area contributed by atoms with Gasteiger partial charge in [0.25, 0.3) is 0 Å². The fraction of sp³-hybridized carbons (Fsp3) is 0.158. The Morgan fingerprint density at radius 3 is 2.43 bits per heavy atom. The average Bonchev–Trinajstić information content (AvgIpc) is 2.67. The number of esters is 1. The second-order valence-electron chi connectivity index (χ2n) is 5.76. The van der Waals surface area contributed by atoms with Crippen LogP contribution >= 0.6 is 0 Å². The van der Waals surface area contributed by atoms with Crippen LogP contribution in [0.1, 0.15) is 22.8 Å². The monoisotopic (exact) mass is 409 g/mol. The molecule has 2 aromatic rings. The van der Waals surface area contributed by atoms with E-state index < -0.39 is 46.1 Å². The molecular formula is C19H17F2NO5S. The van der Waals surface area contributed by atoms with Gasteiger partial charge in [0.05, 0.1) is 0 Å². The lowest BCUT2D eigenvalue weighted by molar-refractivity contribution is -0.144. The van der Waals surface area contributed by atoms with Crippen molar-refractivity contribution in [2.45, 2.75) is 13.0 Å². The van der Waals surface area contributed by atoms with E-state index in [0.29, 0.717) is 11.6 Å². The minimum atomic E-state index is -3.93. The fourth-order valence-corrected chi connectivity index (χ4v) is 3.08. The molecule has 0 fully saturated rings. The normalized spacial score (nSPS) is 12.7. The summed E-state index contributed by atoms with van der Waals surface area (Å²) in [5, 5.41) is 0.901. The van der Waals surface area contributed by atoms with Gasteiger partial charge >= 0.3 is 5.97 Å². The zero-order valence-electron chi connectivity index (χ0n) is 14.8. The standard InChI is InChI=1S/C19H17F2NO5S/c1-13(22-28(25,26)10-9-14-5-3-2-4-6-14)19(24)27-12-18(23)15-7-8-16(20)17(21)11-15/h2-11,13,22H,12H2,1H3/b10-9+/t13-/m0/s1. The molecule has 1 N–H and O–H groups in total. The maximum Gasteiger partial charge on any atom is 0.324 e. The van der Waals surface area contributed by atoms with Gasteiger partial charge in [-0.2, -0.15) is 4.72 Å². The Kier molecular flexibility index (Phi) is 7.13. The summed E-state index contributed by atoms with van der Waals surface area (Å²) in [5.74, 6) is -4.07. The molecule has 0 unspecified atom stereocenters. The van der Waals surface area contributed by atoms with E-state index in [0.717, 1.165) is 17.5 Å². The third kappa shape index (κ3) is 6.36. The molecule has 0 amide bonds. The molecule has 0 saturated carbocycles. The molecule has 0 aromatic heterocycles. The summed E-state index contributed by atoms with van der Waals surface area (Å²) in [7, 11) is -3.93. The smallest absolute Gasteiger partial charge is 0.324 e. The molecule has 0 radical (unpaired) electrons. The number of rotatable bonds is 8. The summed E-state index contributed by atoms with van der Waals surface area (Å²) in [6, 6.07) is 9.92. The highest BCUT2D eigenvalue weighted by atomic mass is 32.2. The van der Waals surface area contributed by atoms with Gasteiger partial charge in [0.1, 0.15) is 6.04 Å². The number of nitrogens with one attached hydrogen (secondary N) is 1. The minimum Gasteiger partial charge on any atom is -0.456 e. The number of Topliss-reactive ketones (excluding diaryl/α,β-unsaturated/α-hetero) is 1. The first kappa shape index (κ1) is 21.4. The molecule has 9 heteroatoms. The number of ketones is 1. The van der Waals surface area contributed by atoms with Gasteiger partial charge in [0.2, 0.25) is 10.0 Å². The van der Waals surface area contributed by atoms with Crippen molar-refractivity contribution in [2.75, 3.05) is 6.61 Å². The van der Waals surface area contributed by atoms with E-state index in [4.69, 9.17) is 4.74 Å². The van der Waals surface area contributed by atoms with E-state index in [1.807, 2.05) is 0 Å². The van der Waals surface area contributed by atoms with Gasteiger partial charge in [-0.05, 0) is 36.8 Å². The second kappa shape index (κ2) is 9.34. The van der Waals surface area contributed by atoms with Gasteiger partial charge in [-0.25, -0.2) is 17.2 Å². The maximum atomic E-state index is 13.1. The van der Waals surface area contributed by atoms with Crippen LogP contribution in [0.5, 0.6) is 0 Å². The van der Waals surface area contributed by atoms with Crippen LogP contribution in [0.2, 0.25) is 0 Å². The molecule has 2 rings (SSSR count). The van der Waals surface area contributed by atoms with Crippen molar-refractivity contribution >= 4 is 27.9 Å². The molecule has 6 nitrogen and oxygen atoms in total. The molecule has 0 aliphatic heterocycles. The van der Waals surface area contributed by atoms with Gasteiger partial charge in [-0.3, -0.25) is 9.59 Å². The van der Waals surface area contributed by atoms with Crippen LogP contribution < -0.4 is 4.72 Å². The summed E-state index contributed by atoms with van der Waals surface area (Å²) in [4.78, 5) is 23.8. The number of halogens is 2. The molecule has 0 aliphatic rings. The number of carbonyl (C=O) groups is 2. The molecular weight excluding hydrogens is 392 g/mol. The number of sulfonamides is 1. The number of hydrogen-bond acceptors (Lipinski definition) is 5. The lowest BCUT2D eigenvalue weighted by Crippen LogP contribution is -2.39. The average molecular weight is 409 g/mol. The van der Waals surface area contributed by atoms with Crippen molar-refractivity contribution in [2.24, 2.45) is 0 Å². The predicted octanol–water partition coefficient (Wildman–Crippen LogP) is 2.67. The first-order chi connectivity index (χ1) is 13.2. The molecule has 0 aliphatic carbocycles. The Hall–Kier alpha value is -2.91. The minimum absolute atomic E-state index is 0.175. The van der Waals surface area contributed by atoms with Crippen molar-refractivity contribution in [1.82, 2.24) is 4.72 Å². The van der Waals surface area contributed by atoms with Gasteiger partial charge in [-0.15, -0.1) is 0 Å². The first-order valence-corrected chi connectivity index (χ1v) is 9.63. The quantitative estimate of drug-likeness (QED) is 0.535. The van der Waals surface area contributed by atoms with Crippen molar-refractivity contribution in [3.8, 4) is 0 Å². The van der Waals surface area contributed by atoms with Crippen LogP contribution in [0.4, 0.5) is 8.78 Å². The highest BCUT2D eigenvalue weighted by Gasteiger charge is 2.21. The first-order valence-electron chi connectivity index (χ1n) is 8.08. The van der Waals surface area contributed by atoms with E-state index in [1.165, 1.54) is 13.0 Å². The van der Waals surface area contributed by atoms with Crippen LogP contribution in [-0.2, 0) is 19.6 Å². The molecule has 0 bridgehead atoms. The molecule has 0 spiro atoms. The van der Waals surface area contributed by atoms with Gasteiger partial charge in [-0.1, -0.05) is 30.3 Å². The highest BCUT2D eigenvalue weighted by Crippen LogP contribution is 2.10. The summed E-state index contributed by atoms with van der Waals surface area (Å²) in [6.07, 6.45) is 1.35. The van der Waals surface area contributed by atoms with Crippen LogP contribution in [0.25, 0.3) is 6.08 Å². The molecule has 28 heavy (non-hydrogen) atoms. The molecule has 0 saturated heterocycles. The van der Waals surface area contributed by atoms with E-state index in [9.17, 15) is 26.8 Å². The molecule has 148 valence electrons. The van der Waals surface area contributed by atoms with Crippen molar-refractivity contribution in [1.29, 1.82) is 0 Å². The van der Waals surface area contributed by atoms with Gasteiger partial charge in [0, 0.05) is 11.0 Å². The van der Waals surface area contributed by atoms with E-state index in [1.54, 1.807) is 30.3 Å². The Morgan fingerprint density at radius 2 is 1.79 bits per heavy atom. The highest BCUT2D eigenvalue weighted by molar-refractivity contribution is 7.92. The van der Waals surface area contributed by atoms with Crippen LogP contribution in [0, 0.1) is 11.6 Å². The van der Waals surface area contributed by atoms with Crippen molar-refractivity contribution in [3.05, 3.63) is 76.7 Å². The molecule has 2 aromatic carbocycles. The fourth-order valence-electron chi connectivity index (χ4n) is 2.08. The lowest BCUT2D eigenvalue weighted by atomic mass is 10.1. The lowest BCUT2D eigenvalue weighted by Gasteiger charge is -2.12. The topological polar surface area (TPSA) is 89.5 Å². The van der Waals surface area contributed by atoms with Gasteiger partial charge < -0.3 is 4.74 Å². The van der Waals surface area contributed by atoms with Crippen molar-refractivity contribution < 1.29 is 31.5 Å². The second-order valence-corrected chi connectivity index (χ2v) is 7.36. The molecule has 1 atom stereocenters. The zero-order valence-corrected chi connectivity index (χ0v) is 15.6. The van der Waals surface area contributed by atoms with Gasteiger partial charge in [0.15, 0.2) is 24.0 Å². The number of ether oxygens (including phenoxy) is 1.